The highest BCUT2D eigenvalue weighted by molar-refractivity contribution is 7.91. The fraction of sp³-hybridized carbons (Fsp3) is 0.300. The minimum absolute atomic E-state index is 0.168. The molecule has 0 radical (unpaired) electrons. The lowest BCUT2D eigenvalue weighted by molar-refractivity contribution is 0.406. The van der Waals surface area contributed by atoms with Gasteiger partial charge in [-0.1, -0.05) is 19.4 Å². The summed E-state index contributed by atoms with van der Waals surface area (Å²) in [6.45, 7) is 2.12. The first-order valence-corrected chi connectivity index (χ1v) is 9.96. The molecule has 0 aliphatic rings. The Labute approximate surface area is 154 Å². The maximum Gasteiger partial charge on any atom is 0.210 e. The molecule has 0 bridgehead atoms. The Kier molecular flexibility index (Phi) is 4.96. The molecule has 0 saturated heterocycles. The van der Waals surface area contributed by atoms with Crippen LogP contribution in [0.3, 0.4) is 0 Å². The summed E-state index contributed by atoms with van der Waals surface area (Å²) in [5.41, 5.74) is 1.95. The molecule has 3 aromatic rings. The van der Waals surface area contributed by atoms with Gasteiger partial charge in [0.1, 0.15) is 10.6 Å². The van der Waals surface area contributed by atoms with Crippen LogP contribution in [-0.4, -0.2) is 27.2 Å². The molecule has 6 heteroatoms. The molecule has 0 saturated carbocycles. The fourth-order valence-electron chi connectivity index (χ4n) is 3.24. The van der Waals surface area contributed by atoms with Gasteiger partial charge in [0, 0.05) is 18.1 Å². The van der Waals surface area contributed by atoms with Gasteiger partial charge in [-0.15, -0.1) is 0 Å². The Morgan fingerprint density at radius 1 is 1.00 bits per heavy atom. The molecule has 3 rings (SSSR count). The van der Waals surface area contributed by atoms with Gasteiger partial charge in [-0.3, -0.25) is 0 Å². The quantitative estimate of drug-likeness (QED) is 0.656. The summed E-state index contributed by atoms with van der Waals surface area (Å²) in [6, 6.07) is 11.9. The first kappa shape index (κ1) is 18.3. The SMILES string of the molecule is CCCc1cc2ccc(S(=O)(=O)c3ccc(OC)cc3)c(OC)c2n1C. The summed E-state index contributed by atoms with van der Waals surface area (Å²) >= 11 is 0. The zero-order valence-electron chi connectivity index (χ0n) is 15.4. The van der Waals surface area contributed by atoms with E-state index in [4.69, 9.17) is 9.47 Å². The number of rotatable bonds is 6. The van der Waals surface area contributed by atoms with Crippen LogP contribution in [0.1, 0.15) is 19.0 Å². The van der Waals surface area contributed by atoms with Crippen LogP contribution in [0.5, 0.6) is 11.5 Å². The Balaban J connectivity index is 2.21. The predicted octanol–water partition coefficient (Wildman–Crippen LogP) is 3.98. The summed E-state index contributed by atoms with van der Waals surface area (Å²) in [5.74, 6) is 0.987. The van der Waals surface area contributed by atoms with E-state index in [-0.39, 0.29) is 9.79 Å². The lowest BCUT2D eigenvalue weighted by Gasteiger charge is -2.13. The summed E-state index contributed by atoms with van der Waals surface area (Å²) in [5, 5.41) is 0.974. The highest BCUT2D eigenvalue weighted by atomic mass is 32.2. The number of benzene rings is 2. The van der Waals surface area contributed by atoms with Crippen LogP contribution in [0.25, 0.3) is 10.9 Å². The van der Waals surface area contributed by atoms with Crippen molar-refractivity contribution in [2.24, 2.45) is 7.05 Å². The number of hydrogen-bond donors (Lipinski definition) is 0. The molecular formula is C20H23NO4S. The smallest absolute Gasteiger partial charge is 0.210 e. The number of methoxy groups -OCH3 is 2. The Morgan fingerprint density at radius 3 is 2.27 bits per heavy atom. The first-order chi connectivity index (χ1) is 12.4. The maximum absolute atomic E-state index is 13.2. The molecule has 0 aliphatic heterocycles. The predicted molar refractivity (Wildman–Crippen MR) is 102 cm³/mol. The third kappa shape index (κ3) is 2.94. The van der Waals surface area contributed by atoms with Gasteiger partial charge in [-0.2, -0.15) is 0 Å². The van der Waals surface area contributed by atoms with Gasteiger partial charge in [-0.05, 0) is 42.8 Å². The third-order valence-corrected chi connectivity index (χ3v) is 6.38. The van der Waals surface area contributed by atoms with Crippen molar-refractivity contribution in [3.63, 3.8) is 0 Å². The maximum atomic E-state index is 13.2. The van der Waals surface area contributed by atoms with Crippen molar-refractivity contribution in [3.8, 4) is 11.5 Å². The van der Waals surface area contributed by atoms with Gasteiger partial charge in [0.15, 0.2) is 5.75 Å². The van der Waals surface area contributed by atoms with E-state index in [2.05, 4.69) is 13.0 Å². The largest absolute Gasteiger partial charge is 0.497 e. The van der Waals surface area contributed by atoms with Gasteiger partial charge in [0.25, 0.3) is 0 Å². The van der Waals surface area contributed by atoms with Crippen molar-refractivity contribution in [1.29, 1.82) is 0 Å². The standard InChI is InChI=1S/C20H23NO4S/c1-5-6-15-13-14-7-12-18(20(25-4)19(14)21(15)2)26(22,23)17-10-8-16(24-3)9-11-17/h7-13H,5-6H2,1-4H3. The summed E-state index contributed by atoms with van der Waals surface area (Å²) < 4.78 is 39.0. The second-order valence-electron chi connectivity index (χ2n) is 6.16. The molecular weight excluding hydrogens is 350 g/mol. The Hall–Kier alpha value is -2.47. The number of ether oxygens (including phenoxy) is 2. The van der Waals surface area contributed by atoms with Crippen molar-refractivity contribution in [2.45, 2.75) is 29.6 Å². The molecule has 0 spiro atoms. The molecule has 0 aliphatic carbocycles. The van der Waals surface area contributed by atoms with Crippen LogP contribution in [0.15, 0.2) is 52.3 Å². The van der Waals surface area contributed by atoms with Crippen LogP contribution in [0, 0.1) is 0 Å². The molecule has 0 amide bonds. The minimum atomic E-state index is -3.71. The molecule has 2 aromatic carbocycles. The molecule has 138 valence electrons. The van der Waals surface area contributed by atoms with Crippen molar-refractivity contribution < 1.29 is 17.9 Å². The third-order valence-electron chi connectivity index (χ3n) is 4.58. The van der Waals surface area contributed by atoms with E-state index in [9.17, 15) is 8.42 Å². The molecule has 0 fully saturated rings. The van der Waals surface area contributed by atoms with E-state index in [0.29, 0.717) is 11.5 Å². The van der Waals surface area contributed by atoms with Crippen LogP contribution >= 0.6 is 0 Å². The minimum Gasteiger partial charge on any atom is -0.497 e. The zero-order valence-corrected chi connectivity index (χ0v) is 16.3. The van der Waals surface area contributed by atoms with E-state index in [1.54, 1.807) is 37.4 Å². The van der Waals surface area contributed by atoms with Crippen molar-refractivity contribution in [2.75, 3.05) is 14.2 Å². The van der Waals surface area contributed by atoms with Crippen molar-refractivity contribution in [1.82, 2.24) is 4.57 Å². The monoisotopic (exact) mass is 373 g/mol. The molecule has 0 unspecified atom stereocenters. The number of aromatic nitrogens is 1. The van der Waals surface area contributed by atoms with Gasteiger partial charge in [-0.25, -0.2) is 8.42 Å². The molecule has 0 atom stereocenters. The Bertz CT molecular complexity index is 1030. The van der Waals surface area contributed by atoms with E-state index >= 15 is 0 Å². The average Bonchev–Trinajstić information content (AvgIpc) is 2.97. The number of nitrogens with zero attached hydrogens (tertiary/aromatic N) is 1. The molecule has 5 nitrogen and oxygen atoms in total. The number of hydrogen-bond acceptors (Lipinski definition) is 4. The Morgan fingerprint density at radius 2 is 1.69 bits per heavy atom. The summed E-state index contributed by atoms with van der Waals surface area (Å²) in [7, 11) is 1.29. The average molecular weight is 373 g/mol. The summed E-state index contributed by atoms with van der Waals surface area (Å²) in [6.07, 6.45) is 1.94. The number of fused-ring (bicyclic) bond motifs is 1. The molecule has 0 N–H and O–H groups in total. The zero-order chi connectivity index (χ0) is 18.9. The van der Waals surface area contributed by atoms with E-state index in [1.807, 2.05) is 17.7 Å². The van der Waals surface area contributed by atoms with Gasteiger partial charge >= 0.3 is 0 Å². The van der Waals surface area contributed by atoms with E-state index in [0.717, 1.165) is 29.4 Å². The number of aryl methyl sites for hydroxylation is 2. The van der Waals surface area contributed by atoms with E-state index in [1.165, 1.54) is 7.11 Å². The van der Waals surface area contributed by atoms with Gasteiger partial charge in [0.05, 0.1) is 24.6 Å². The van der Waals surface area contributed by atoms with E-state index < -0.39 is 9.84 Å². The second kappa shape index (κ2) is 7.03. The lowest BCUT2D eigenvalue weighted by Crippen LogP contribution is -2.06. The fourth-order valence-corrected chi connectivity index (χ4v) is 4.66. The van der Waals surface area contributed by atoms with Crippen LogP contribution in [-0.2, 0) is 23.3 Å². The normalized spacial score (nSPS) is 11.7. The first-order valence-electron chi connectivity index (χ1n) is 8.48. The molecule has 1 aromatic heterocycles. The van der Waals surface area contributed by atoms with Crippen LogP contribution in [0.4, 0.5) is 0 Å². The van der Waals surface area contributed by atoms with Crippen LogP contribution in [0.2, 0.25) is 0 Å². The summed E-state index contributed by atoms with van der Waals surface area (Å²) in [4.78, 5) is 0.376. The molecule has 26 heavy (non-hydrogen) atoms. The van der Waals surface area contributed by atoms with Gasteiger partial charge < -0.3 is 14.0 Å². The molecule has 1 heterocycles. The van der Waals surface area contributed by atoms with Crippen molar-refractivity contribution >= 4 is 20.7 Å². The highest BCUT2D eigenvalue weighted by Gasteiger charge is 2.25. The lowest BCUT2D eigenvalue weighted by atomic mass is 10.2. The van der Waals surface area contributed by atoms with Crippen LogP contribution < -0.4 is 9.47 Å². The number of sulfone groups is 1. The second-order valence-corrected chi connectivity index (χ2v) is 8.08. The highest BCUT2D eigenvalue weighted by Crippen LogP contribution is 2.37. The van der Waals surface area contributed by atoms with Gasteiger partial charge in [0.2, 0.25) is 9.84 Å². The topological polar surface area (TPSA) is 57.5 Å². The van der Waals surface area contributed by atoms with Crippen molar-refractivity contribution in [3.05, 3.63) is 48.2 Å².